The molecule has 1 aromatic heterocycles. The Morgan fingerprint density at radius 3 is 2.83 bits per heavy atom. The van der Waals surface area contributed by atoms with Crippen LogP contribution in [-0.4, -0.2) is 32.4 Å². The van der Waals surface area contributed by atoms with Crippen molar-refractivity contribution in [2.45, 2.75) is 11.8 Å². The second-order valence-corrected chi connectivity index (χ2v) is 4.56. The van der Waals surface area contributed by atoms with E-state index >= 15 is 0 Å². The molecule has 0 saturated carbocycles. The van der Waals surface area contributed by atoms with Crippen LogP contribution in [0.15, 0.2) is 23.1 Å². The number of nitrogens with one attached hydrogen (secondary N) is 1. The first-order valence-electron chi connectivity index (χ1n) is 5.30. The van der Waals surface area contributed by atoms with Gasteiger partial charge < -0.3 is 0 Å². The van der Waals surface area contributed by atoms with Gasteiger partial charge in [-0.05, 0) is 41.3 Å². The molecule has 94 valence electrons. The third-order valence-electron chi connectivity index (χ3n) is 2.59. The van der Waals surface area contributed by atoms with Crippen LogP contribution < -0.4 is 5.32 Å². The molecular weight excluding hydrogens is 250 g/mol. The maximum Gasteiger partial charge on any atom is 0.258 e. The van der Waals surface area contributed by atoms with E-state index in [0.29, 0.717) is 11.5 Å². The lowest BCUT2D eigenvalue weighted by atomic mass is 10.1. The molecule has 1 amide bonds. The summed E-state index contributed by atoms with van der Waals surface area (Å²) in [6.45, 7) is 1.93. The van der Waals surface area contributed by atoms with Crippen LogP contribution in [0.2, 0.25) is 0 Å². The number of benzene rings is 1. The van der Waals surface area contributed by atoms with Gasteiger partial charge in [0.25, 0.3) is 5.91 Å². The maximum absolute atomic E-state index is 12.1. The monoisotopic (exact) mass is 263 g/mol. The van der Waals surface area contributed by atoms with Gasteiger partial charge in [0.15, 0.2) is 0 Å². The molecule has 0 spiro atoms. The van der Waals surface area contributed by atoms with E-state index in [9.17, 15) is 4.79 Å². The van der Waals surface area contributed by atoms with Gasteiger partial charge >= 0.3 is 0 Å². The summed E-state index contributed by atoms with van der Waals surface area (Å²) in [5.41, 5.74) is 1.59. The lowest BCUT2D eigenvalue weighted by Gasteiger charge is -2.09. The number of anilines is 1. The molecule has 1 heterocycles. The Hall–Kier alpha value is -1.89. The second kappa shape index (κ2) is 5.18. The third-order valence-corrected chi connectivity index (χ3v) is 3.48. The number of hydrogen-bond acceptors (Lipinski definition) is 5. The summed E-state index contributed by atoms with van der Waals surface area (Å²) >= 11 is 1.61. The average Bonchev–Trinajstić information content (AvgIpc) is 2.75. The van der Waals surface area contributed by atoms with E-state index in [1.807, 2.05) is 25.3 Å². The van der Waals surface area contributed by atoms with Crippen molar-refractivity contribution in [1.29, 1.82) is 0 Å². The molecule has 0 aliphatic heterocycles. The summed E-state index contributed by atoms with van der Waals surface area (Å²) in [5, 5.41) is 13.5. The lowest BCUT2D eigenvalue weighted by Crippen LogP contribution is -2.16. The van der Waals surface area contributed by atoms with Gasteiger partial charge in [0.1, 0.15) is 0 Å². The Kier molecular flexibility index (Phi) is 3.61. The van der Waals surface area contributed by atoms with Crippen molar-refractivity contribution in [3.05, 3.63) is 29.3 Å². The predicted octanol–water partition coefficient (Wildman–Crippen LogP) is 1.49. The molecule has 6 nitrogen and oxygen atoms in total. The molecule has 1 aromatic carbocycles. The number of aryl methyl sites for hydroxylation is 1. The molecule has 0 aliphatic rings. The van der Waals surface area contributed by atoms with Crippen molar-refractivity contribution in [1.82, 2.24) is 20.2 Å². The molecule has 7 heteroatoms. The van der Waals surface area contributed by atoms with Gasteiger partial charge in [-0.25, -0.2) is 4.68 Å². The molecule has 1 N–H and O–H groups in total. The highest BCUT2D eigenvalue weighted by Gasteiger charge is 2.13. The van der Waals surface area contributed by atoms with Gasteiger partial charge in [-0.1, -0.05) is 11.2 Å². The van der Waals surface area contributed by atoms with E-state index in [1.54, 1.807) is 24.9 Å². The molecule has 18 heavy (non-hydrogen) atoms. The minimum Gasteiger partial charge on any atom is -0.289 e. The average molecular weight is 263 g/mol. The summed E-state index contributed by atoms with van der Waals surface area (Å²) in [6.07, 6.45) is 1.98. The molecule has 0 unspecified atom stereocenters. The summed E-state index contributed by atoms with van der Waals surface area (Å²) < 4.78 is 1.41. The minimum atomic E-state index is -0.207. The lowest BCUT2D eigenvalue weighted by molar-refractivity contribution is 0.102. The fraction of sp³-hybridized carbons (Fsp3) is 0.273. The normalized spacial score (nSPS) is 10.4. The fourth-order valence-electron chi connectivity index (χ4n) is 1.59. The van der Waals surface area contributed by atoms with Crippen molar-refractivity contribution in [2.75, 3.05) is 11.6 Å². The van der Waals surface area contributed by atoms with Crippen LogP contribution in [-0.2, 0) is 7.05 Å². The first-order valence-corrected chi connectivity index (χ1v) is 6.53. The van der Waals surface area contributed by atoms with Crippen molar-refractivity contribution < 1.29 is 4.79 Å². The first kappa shape index (κ1) is 12.6. The van der Waals surface area contributed by atoms with E-state index in [1.165, 1.54) is 4.68 Å². The Morgan fingerprint density at radius 1 is 1.44 bits per heavy atom. The zero-order chi connectivity index (χ0) is 13.1. The third kappa shape index (κ3) is 2.35. The smallest absolute Gasteiger partial charge is 0.258 e. The number of tetrazole rings is 1. The topological polar surface area (TPSA) is 72.7 Å². The van der Waals surface area contributed by atoms with Crippen molar-refractivity contribution >= 4 is 23.6 Å². The molecule has 0 atom stereocenters. The van der Waals surface area contributed by atoms with Crippen LogP contribution in [0, 0.1) is 6.92 Å². The van der Waals surface area contributed by atoms with Gasteiger partial charge in [-0.2, -0.15) is 0 Å². The van der Waals surface area contributed by atoms with Gasteiger partial charge in [0.2, 0.25) is 5.95 Å². The largest absolute Gasteiger partial charge is 0.289 e. The SMILES string of the molecule is CSc1cccc(C(=O)Nc2nnnn2C)c1C. The number of rotatable bonds is 3. The summed E-state index contributed by atoms with van der Waals surface area (Å²) in [4.78, 5) is 13.2. The van der Waals surface area contributed by atoms with Crippen LogP contribution in [0.3, 0.4) is 0 Å². The van der Waals surface area contributed by atoms with E-state index < -0.39 is 0 Å². The van der Waals surface area contributed by atoms with E-state index in [-0.39, 0.29) is 5.91 Å². The standard InChI is InChI=1S/C11H13N5OS/c1-7-8(5-4-6-9(7)18-3)10(17)12-11-13-14-15-16(11)2/h4-6H,1-3H3,(H,12,13,15,17). The summed E-state index contributed by atoms with van der Waals surface area (Å²) in [6, 6.07) is 5.64. The van der Waals surface area contributed by atoms with Crippen LogP contribution in [0.4, 0.5) is 5.95 Å². The molecule has 0 aliphatic carbocycles. The Morgan fingerprint density at radius 2 is 2.22 bits per heavy atom. The number of nitrogens with zero attached hydrogens (tertiary/aromatic N) is 4. The Balaban J connectivity index is 2.27. The number of carbonyl (C=O) groups is 1. The van der Waals surface area contributed by atoms with Gasteiger partial charge in [-0.15, -0.1) is 11.8 Å². The Bertz CT molecular complexity index is 581. The molecule has 2 aromatic rings. The number of carbonyl (C=O) groups excluding carboxylic acids is 1. The van der Waals surface area contributed by atoms with Crippen molar-refractivity contribution in [2.24, 2.45) is 7.05 Å². The van der Waals surface area contributed by atoms with Crippen LogP contribution >= 0.6 is 11.8 Å². The zero-order valence-corrected chi connectivity index (χ0v) is 11.2. The van der Waals surface area contributed by atoms with E-state index in [4.69, 9.17) is 0 Å². The van der Waals surface area contributed by atoms with E-state index in [2.05, 4.69) is 20.8 Å². The molecule has 0 bridgehead atoms. The van der Waals surface area contributed by atoms with Gasteiger partial charge in [-0.3, -0.25) is 10.1 Å². The van der Waals surface area contributed by atoms with Gasteiger partial charge in [0.05, 0.1) is 0 Å². The van der Waals surface area contributed by atoms with Crippen molar-refractivity contribution in [3.63, 3.8) is 0 Å². The number of aromatic nitrogens is 4. The number of thioether (sulfide) groups is 1. The molecule has 0 fully saturated rings. The Labute approximate surface area is 109 Å². The first-order chi connectivity index (χ1) is 8.63. The van der Waals surface area contributed by atoms with Crippen molar-refractivity contribution in [3.8, 4) is 0 Å². The highest BCUT2D eigenvalue weighted by atomic mass is 32.2. The number of hydrogen-bond donors (Lipinski definition) is 1. The van der Waals surface area contributed by atoms with Crippen LogP contribution in [0.5, 0.6) is 0 Å². The van der Waals surface area contributed by atoms with Crippen LogP contribution in [0.1, 0.15) is 15.9 Å². The molecular formula is C11H13N5OS. The fourth-order valence-corrected chi connectivity index (χ4v) is 2.22. The highest BCUT2D eigenvalue weighted by molar-refractivity contribution is 7.98. The van der Waals surface area contributed by atoms with Gasteiger partial charge in [0, 0.05) is 17.5 Å². The molecule has 0 saturated heterocycles. The molecule has 0 radical (unpaired) electrons. The zero-order valence-electron chi connectivity index (χ0n) is 10.3. The predicted molar refractivity (Wildman–Crippen MR) is 69.7 cm³/mol. The molecule has 2 rings (SSSR count). The summed E-state index contributed by atoms with van der Waals surface area (Å²) in [5.74, 6) is 0.121. The minimum absolute atomic E-state index is 0.207. The highest BCUT2D eigenvalue weighted by Crippen LogP contribution is 2.22. The van der Waals surface area contributed by atoms with Crippen LogP contribution in [0.25, 0.3) is 0 Å². The van der Waals surface area contributed by atoms with E-state index in [0.717, 1.165) is 10.5 Å². The maximum atomic E-state index is 12.1. The quantitative estimate of drug-likeness (QED) is 0.849. The number of amides is 1. The second-order valence-electron chi connectivity index (χ2n) is 3.71. The summed E-state index contributed by atoms with van der Waals surface area (Å²) in [7, 11) is 1.67.